The predicted octanol–water partition coefficient (Wildman–Crippen LogP) is 1.59. The van der Waals surface area contributed by atoms with Crippen molar-refractivity contribution in [1.82, 2.24) is 5.32 Å². The molecule has 14 heteroatoms. The number of aliphatic hydroxyl groups excluding tert-OH is 2. The van der Waals surface area contributed by atoms with Crippen molar-refractivity contribution in [3.63, 3.8) is 0 Å². The van der Waals surface area contributed by atoms with E-state index < -0.39 is 72.1 Å². The fourth-order valence-electron chi connectivity index (χ4n) is 6.21. The van der Waals surface area contributed by atoms with Crippen molar-refractivity contribution in [2.45, 2.75) is 73.8 Å². The highest BCUT2D eigenvalue weighted by atomic mass is 35.5. The maximum Gasteiger partial charge on any atom is 0.508 e. The monoisotopic (exact) mass is 695 g/mol. The van der Waals surface area contributed by atoms with Gasteiger partial charge in [-0.3, -0.25) is 0 Å². The van der Waals surface area contributed by atoms with Crippen LogP contribution in [0.3, 0.4) is 0 Å². The average molecular weight is 696 g/mol. The van der Waals surface area contributed by atoms with Crippen LogP contribution >= 0.6 is 11.6 Å². The van der Waals surface area contributed by atoms with Crippen molar-refractivity contribution < 1.29 is 58.4 Å². The number of alkyl halides is 1. The molecule has 7 unspecified atom stereocenters. The lowest BCUT2D eigenvalue weighted by Crippen LogP contribution is -2.62. The molecule has 258 valence electrons. The van der Waals surface area contributed by atoms with Gasteiger partial charge in [-0.15, -0.1) is 11.6 Å². The Morgan fingerprint density at radius 1 is 1.18 bits per heavy atom. The average Bonchev–Trinajstić information content (AvgIpc) is 3.66. The van der Waals surface area contributed by atoms with E-state index in [-0.39, 0.29) is 23.5 Å². The van der Waals surface area contributed by atoms with Gasteiger partial charge in [0.2, 0.25) is 0 Å². The van der Waals surface area contributed by atoms with E-state index in [0.29, 0.717) is 22.1 Å². The highest BCUT2D eigenvalue weighted by molar-refractivity contribution is 6.23. The van der Waals surface area contributed by atoms with Gasteiger partial charge in [-0.1, -0.05) is 29.7 Å². The Bertz CT molecular complexity index is 1870. The third-order valence-electron chi connectivity index (χ3n) is 8.98. The van der Waals surface area contributed by atoms with Crippen LogP contribution in [0.2, 0.25) is 0 Å². The number of phenols is 1. The molecule has 0 radical (unpaired) electrons. The van der Waals surface area contributed by atoms with Crippen LogP contribution in [0.1, 0.15) is 22.8 Å². The normalized spacial score (nSPS) is 34.6. The number of allylic oxidation sites excluding steroid dienone is 1. The van der Waals surface area contributed by atoms with Gasteiger partial charge in [-0.05, 0) is 62.2 Å². The van der Waals surface area contributed by atoms with Gasteiger partial charge in [0.25, 0.3) is 0 Å². The Hall–Kier alpha value is -4.31. The lowest BCUT2D eigenvalue weighted by Gasteiger charge is -2.42. The van der Waals surface area contributed by atoms with Crippen LogP contribution in [0.15, 0.2) is 47.6 Å². The molecule has 0 saturated carbocycles. The second kappa shape index (κ2) is 13.5. The molecule has 0 bridgehead atoms. The van der Waals surface area contributed by atoms with Gasteiger partial charge in [0.15, 0.2) is 24.1 Å². The van der Waals surface area contributed by atoms with E-state index in [1.807, 2.05) is 6.92 Å². The molecule has 5 N–H and O–H groups in total. The minimum absolute atomic E-state index is 0.116. The van der Waals surface area contributed by atoms with E-state index in [0.717, 1.165) is 5.56 Å². The van der Waals surface area contributed by atoms with Gasteiger partial charge < -0.3 is 54.2 Å². The first-order chi connectivity index (χ1) is 23.4. The van der Waals surface area contributed by atoms with Crippen LogP contribution < -0.4 is 10.1 Å². The summed E-state index contributed by atoms with van der Waals surface area (Å²) in [4.78, 5) is 25.6. The van der Waals surface area contributed by atoms with Gasteiger partial charge in [0, 0.05) is 16.5 Å². The number of nitrogens with one attached hydrogen (secondary N) is 1. The molecule has 2 heterocycles. The van der Waals surface area contributed by atoms with Crippen LogP contribution in [0.5, 0.6) is 11.5 Å². The summed E-state index contributed by atoms with van der Waals surface area (Å²) in [6.45, 7) is 3.10. The van der Waals surface area contributed by atoms with Crippen molar-refractivity contribution in [3.8, 4) is 35.2 Å². The number of esters is 1. The number of carbonyl (C=O) groups is 2. The zero-order chi connectivity index (χ0) is 35.2. The Balaban J connectivity index is 1.42. The van der Waals surface area contributed by atoms with Crippen molar-refractivity contribution >= 4 is 34.5 Å². The molecular weight excluding hydrogens is 662 g/mol. The zero-order valence-corrected chi connectivity index (χ0v) is 27.6. The largest absolute Gasteiger partial charge is 0.508 e. The first-order valence-corrected chi connectivity index (χ1v) is 15.8. The first-order valence-electron chi connectivity index (χ1n) is 15.4. The van der Waals surface area contributed by atoms with Crippen LogP contribution in [-0.4, -0.2) is 113 Å². The summed E-state index contributed by atoms with van der Waals surface area (Å²) in [5.41, 5.74) is -0.920. The molecule has 49 heavy (non-hydrogen) atoms. The van der Waals surface area contributed by atoms with Crippen molar-refractivity contribution in [2.24, 2.45) is 0 Å². The van der Waals surface area contributed by atoms with Crippen molar-refractivity contribution in [2.75, 3.05) is 20.8 Å². The number of fused-ring (bicyclic) bond motifs is 2. The van der Waals surface area contributed by atoms with Gasteiger partial charge in [0.1, 0.15) is 47.4 Å². The summed E-state index contributed by atoms with van der Waals surface area (Å²) in [5.74, 6) is 10.3. The Morgan fingerprint density at radius 3 is 2.65 bits per heavy atom. The third-order valence-corrected chi connectivity index (χ3v) is 9.42. The van der Waals surface area contributed by atoms with Crippen LogP contribution in [-0.2, 0) is 23.7 Å². The maximum atomic E-state index is 14.0. The molecule has 13 nitrogen and oxygen atoms in total. The number of carbonyl (C=O) groups excluding carboxylic acids is 2. The summed E-state index contributed by atoms with van der Waals surface area (Å²) in [7, 11) is 3.05. The van der Waals surface area contributed by atoms with Crippen LogP contribution in [0, 0.1) is 30.6 Å². The summed E-state index contributed by atoms with van der Waals surface area (Å²) in [6, 6.07) is 5.58. The highest BCUT2D eigenvalue weighted by Crippen LogP contribution is 2.38. The number of halogens is 1. The molecule has 10 atom stereocenters. The highest BCUT2D eigenvalue weighted by Gasteiger charge is 2.50. The quantitative estimate of drug-likeness (QED) is 0.160. The molecule has 0 spiro atoms. The van der Waals surface area contributed by atoms with Gasteiger partial charge >= 0.3 is 12.1 Å². The lowest BCUT2D eigenvalue weighted by molar-refractivity contribution is -0.273. The fourth-order valence-corrected chi connectivity index (χ4v) is 6.47. The number of hydrogen-bond donors (Lipinski definition) is 5. The molecule has 6 rings (SSSR count). The number of ether oxygens (including phenoxy) is 6. The number of rotatable bonds is 7. The van der Waals surface area contributed by atoms with E-state index in [1.54, 1.807) is 32.2 Å². The van der Waals surface area contributed by atoms with Gasteiger partial charge in [-0.25, -0.2) is 9.59 Å². The number of aliphatic hydroxyl groups is 3. The predicted molar refractivity (Wildman–Crippen MR) is 173 cm³/mol. The first kappa shape index (κ1) is 34.5. The number of phenolic OH excluding ortho intramolecular Hbond substituents is 1. The maximum absolute atomic E-state index is 14.0. The summed E-state index contributed by atoms with van der Waals surface area (Å²) in [6.07, 6.45) is -6.18. The topological polar surface area (TPSA) is 182 Å². The van der Waals surface area contributed by atoms with E-state index >= 15 is 0 Å². The molecule has 4 aliphatic rings. The lowest BCUT2D eigenvalue weighted by atomic mass is 9.93. The van der Waals surface area contributed by atoms with Crippen molar-refractivity contribution in [3.05, 3.63) is 58.7 Å². The van der Waals surface area contributed by atoms with E-state index in [9.17, 15) is 30.0 Å². The molecular formula is C35H34ClNO12. The molecule has 0 aromatic heterocycles. The molecule has 2 aliphatic heterocycles. The zero-order valence-electron chi connectivity index (χ0n) is 26.8. The second-order valence-corrected chi connectivity index (χ2v) is 12.4. The number of aryl methyl sites for hydroxylation is 1. The third kappa shape index (κ3) is 6.31. The summed E-state index contributed by atoms with van der Waals surface area (Å²) < 4.78 is 33.7. The Labute approximate surface area is 286 Å². The molecule has 0 amide bonds. The molecule has 2 aromatic rings. The van der Waals surface area contributed by atoms with Crippen LogP contribution in [0.25, 0.3) is 10.8 Å². The number of likely N-dealkylation sites (N-methyl/N-ethyl adjacent to an activating group) is 1. The Morgan fingerprint density at radius 2 is 1.96 bits per heavy atom. The molecule has 2 aromatic carbocycles. The van der Waals surface area contributed by atoms with E-state index in [2.05, 4.69) is 29.0 Å². The standard InChI is InChI=1S/C35H34ClNO12/c1-16-12-19(44-4)14-22-20(16)8-9-23(38)27(22)32(41)47-24-13-18-10-11-35(43,26-15-45-34(42)48-26)25(36)7-5-6-21(18)31(24)49-33-28(37-3)30(40)29(39)17(2)46-33/h6,8-9,12-14,17,24-26,28-31,33,37-40,43H,15H2,1-4H3/b21-6+/t17?,24-,25?,26?,28?,29?,30?,31-,33?,35-/m0/s1. The number of hydrogen-bond acceptors (Lipinski definition) is 13. The molecule has 2 fully saturated rings. The van der Waals surface area contributed by atoms with E-state index in [4.69, 9.17) is 40.0 Å². The summed E-state index contributed by atoms with van der Waals surface area (Å²) in [5, 5.41) is 46.3. The van der Waals surface area contributed by atoms with Crippen LogP contribution in [0.4, 0.5) is 4.79 Å². The molecule has 2 aliphatic carbocycles. The minimum Gasteiger partial charge on any atom is -0.507 e. The second-order valence-electron chi connectivity index (χ2n) is 12.0. The number of aromatic hydroxyl groups is 1. The smallest absolute Gasteiger partial charge is 0.507 e. The summed E-state index contributed by atoms with van der Waals surface area (Å²) >= 11 is 6.46. The SMILES string of the molecule is CNC1C(O[C@H]2/C3=C/C#CC(Cl)[C@](O)(C4COC(=O)O4)C#CC3=C[C@@H]2OC(=O)c2c(O)ccc3c(C)cc(OC)cc23)OC(C)C(O)C1O. The fraction of sp³-hybridized carbons (Fsp3) is 0.429. The van der Waals surface area contributed by atoms with Gasteiger partial charge in [-0.2, -0.15) is 0 Å². The number of methoxy groups -OCH3 is 1. The minimum atomic E-state index is -2.15. The van der Waals surface area contributed by atoms with Gasteiger partial charge in [0.05, 0.1) is 19.3 Å². The number of benzene rings is 2. The Kier molecular flexibility index (Phi) is 9.55. The van der Waals surface area contributed by atoms with E-state index in [1.165, 1.54) is 25.3 Å². The number of cyclic esters (lactones) is 2. The van der Waals surface area contributed by atoms with Crippen molar-refractivity contribution in [1.29, 1.82) is 0 Å². The molecule has 2 saturated heterocycles.